The van der Waals surface area contributed by atoms with Gasteiger partial charge in [-0.1, -0.05) is 37.3 Å². The van der Waals surface area contributed by atoms with E-state index in [2.05, 4.69) is 42.2 Å². The minimum Gasteiger partial charge on any atom is -0.329 e. The maximum Gasteiger partial charge on any atom is 0.0357 e. The van der Waals surface area contributed by atoms with Crippen molar-refractivity contribution >= 4 is 0 Å². The number of benzene rings is 1. The molecular weight excluding hydrogens is 232 g/mol. The summed E-state index contributed by atoms with van der Waals surface area (Å²) < 4.78 is 0. The van der Waals surface area contributed by atoms with Crippen molar-refractivity contribution in [3.05, 3.63) is 35.9 Å². The first-order chi connectivity index (χ1) is 9.30. The quantitative estimate of drug-likeness (QED) is 0.879. The molecule has 0 spiro atoms. The topological polar surface area (TPSA) is 29.3 Å². The second kappa shape index (κ2) is 5.26. The Morgan fingerprint density at radius 1 is 1.21 bits per heavy atom. The van der Waals surface area contributed by atoms with Crippen molar-refractivity contribution < 1.29 is 0 Å². The van der Waals surface area contributed by atoms with Gasteiger partial charge < -0.3 is 5.73 Å². The van der Waals surface area contributed by atoms with Crippen LogP contribution in [0.4, 0.5) is 0 Å². The monoisotopic (exact) mass is 258 g/mol. The summed E-state index contributed by atoms with van der Waals surface area (Å²) in [6, 6.07) is 11.0. The molecule has 2 fully saturated rings. The molecule has 19 heavy (non-hydrogen) atoms. The van der Waals surface area contributed by atoms with Crippen LogP contribution < -0.4 is 5.73 Å². The van der Waals surface area contributed by atoms with Gasteiger partial charge in [-0.3, -0.25) is 4.90 Å². The molecule has 1 aromatic carbocycles. The predicted octanol–water partition coefficient (Wildman–Crippen LogP) is 2.99. The summed E-state index contributed by atoms with van der Waals surface area (Å²) in [5.41, 5.74) is 7.98. The highest BCUT2D eigenvalue weighted by Crippen LogP contribution is 2.47. The summed E-state index contributed by atoms with van der Waals surface area (Å²) in [4.78, 5) is 2.71. The molecule has 3 rings (SSSR count). The molecule has 0 amide bonds. The van der Waals surface area contributed by atoms with Crippen LogP contribution in [0.15, 0.2) is 30.3 Å². The van der Waals surface area contributed by atoms with Crippen LogP contribution in [0, 0.1) is 5.92 Å². The van der Waals surface area contributed by atoms with Gasteiger partial charge >= 0.3 is 0 Å². The second-order valence-electron chi connectivity index (χ2n) is 6.28. The molecule has 0 aromatic heterocycles. The molecule has 1 aliphatic carbocycles. The van der Waals surface area contributed by atoms with E-state index >= 15 is 0 Å². The third-order valence-corrected chi connectivity index (χ3v) is 5.39. The zero-order valence-electron chi connectivity index (χ0n) is 12.0. The summed E-state index contributed by atoms with van der Waals surface area (Å²) in [6.07, 6.45) is 5.27. The number of nitrogens with zero attached hydrogens (tertiary/aromatic N) is 1. The van der Waals surface area contributed by atoms with Crippen LogP contribution >= 0.6 is 0 Å². The van der Waals surface area contributed by atoms with Crippen LogP contribution in [0.1, 0.15) is 44.1 Å². The first kappa shape index (κ1) is 13.1. The molecule has 0 bridgehead atoms. The van der Waals surface area contributed by atoms with Crippen LogP contribution in [-0.4, -0.2) is 30.1 Å². The minimum absolute atomic E-state index is 0.295. The van der Waals surface area contributed by atoms with E-state index in [1.807, 2.05) is 0 Å². The minimum atomic E-state index is 0.295. The highest BCUT2D eigenvalue weighted by molar-refractivity contribution is 5.22. The van der Waals surface area contributed by atoms with Gasteiger partial charge in [-0.15, -0.1) is 0 Å². The number of rotatable bonds is 5. The van der Waals surface area contributed by atoms with Gasteiger partial charge in [0, 0.05) is 18.6 Å². The van der Waals surface area contributed by atoms with Gasteiger partial charge in [0.1, 0.15) is 0 Å². The largest absolute Gasteiger partial charge is 0.329 e. The van der Waals surface area contributed by atoms with Crippen molar-refractivity contribution in [1.29, 1.82) is 0 Å². The summed E-state index contributed by atoms with van der Waals surface area (Å²) in [5.74, 6) is 1.56. The Bertz CT molecular complexity index is 407. The summed E-state index contributed by atoms with van der Waals surface area (Å²) in [7, 11) is 0. The highest BCUT2D eigenvalue weighted by atomic mass is 15.2. The Balaban J connectivity index is 1.74. The molecule has 2 N–H and O–H groups in total. The average molecular weight is 258 g/mol. The molecule has 1 aliphatic heterocycles. The SMILES string of the molecule is CCC(CN)(C1CC1)N1CCC(c2ccccc2)C1. The van der Waals surface area contributed by atoms with Crippen molar-refractivity contribution in [2.24, 2.45) is 11.7 Å². The standard InChI is InChI=1S/C17H26N2/c1-2-17(13-18,16-8-9-16)19-11-10-15(12-19)14-6-4-3-5-7-14/h3-7,15-16H,2,8-13,18H2,1H3. The molecule has 1 saturated carbocycles. The van der Waals surface area contributed by atoms with E-state index in [9.17, 15) is 0 Å². The van der Waals surface area contributed by atoms with Crippen molar-refractivity contribution in [2.75, 3.05) is 19.6 Å². The predicted molar refractivity (Wildman–Crippen MR) is 80.2 cm³/mol. The van der Waals surface area contributed by atoms with E-state index in [-0.39, 0.29) is 0 Å². The van der Waals surface area contributed by atoms with E-state index in [0.717, 1.165) is 12.5 Å². The summed E-state index contributed by atoms with van der Waals surface area (Å²) in [6.45, 7) is 5.57. The van der Waals surface area contributed by atoms with Crippen LogP contribution in [-0.2, 0) is 0 Å². The lowest BCUT2D eigenvalue weighted by Gasteiger charge is -2.41. The Labute approximate surface area is 117 Å². The lowest BCUT2D eigenvalue weighted by Crippen LogP contribution is -2.54. The van der Waals surface area contributed by atoms with Gasteiger partial charge in [0.2, 0.25) is 0 Å². The molecule has 2 atom stereocenters. The molecule has 2 unspecified atom stereocenters. The van der Waals surface area contributed by atoms with Crippen molar-refractivity contribution in [3.63, 3.8) is 0 Å². The Kier molecular flexibility index (Phi) is 3.64. The Morgan fingerprint density at radius 3 is 2.53 bits per heavy atom. The maximum absolute atomic E-state index is 6.18. The van der Waals surface area contributed by atoms with Crippen LogP contribution in [0.25, 0.3) is 0 Å². The first-order valence-electron chi connectivity index (χ1n) is 7.80. The van der Waals surface area contributed by atoms with Crippen molar-refractivity contribution in [3.8, 4) is 0 Å². The van der Waals surface area contributed by atoms with Crippen molar-refractivity contribution in [1.82, 2.24) is 4.90 Å². The molecular formula is C17H26N2. The lowest BCUT2D eigenvalue weighted by atomic mass is 9.88. The fraction of sp³-hybridized carbons (Fsp3) is 0.647. The first-order valence-corrected chi connectivity index (χ1v) is 7.80. The van der Waals surface area contributed by atoms with E-state index in [0.29, 0.717) is 11.5 Å². The Morgan fingerprint density at radius 2 is 1.95 bits per heavy atom. The van der Waals surface area contributed by atoms with Crippen LogP contribution in [0.5, 0.6) is 0 Å². The van der Waals surface area contributed by atoms with Crippen LogP contribution in [0.2, 0.25) is 0 Å². The maximum atomic E-state index is 6.18. The van der Waals surface area contributed by atoms with Gasteiger partial charge in [-0.05, 0) is 49.6 Å². The molecule has 1 aromatic rings. The molecule has 104 valence electrons. The van der Waals surface area contributed by atoms with Gasteiger partial charge in [0.15, 0.2) is 0 Å². The molecule has 0 radical (unpaired) electrons. The third-order valence-electron chi connectivity index (χ3n) is 5.39. The second-order valence-corrected chi connectivity index (χ2v) is 6.28. The zero-order chi connectivity index (χ0) is 13.3. The number of hydrogen-bond acceptors (Lipinski definition) is 2. The fourth-order valence-corrected chi connectivity index (χ4v) is 3.99. The highest BCUT2D eigenvalue weighted by Gasteiger charge is 2.48. The van der Waals surface area contributed by atoms with Gasteiger partial charge in [0.25, 0.3) is 0 Å². The average Bonchev–Trinajstić information content (AvgIpc) is 3.20. The number of likely N-dealkylation sites (tertiary alicyclic amines) is 1. The van der Waals surface area contributed by atoms with E-state index in [1.54, 1.807) is 0 Å². The van der Waals surface area contributed by atoms with E-state index < -0.39 is 0 Å². The number of nitrogens with two attached hydrogens (primary N) is 1. The van der Waals surface area contributed by atoms with Crippen molar-refractivity contribution in [2.45, 2.75) is 44.1 Å². The number of hydrogen-bond donors (Lipinski definition) is 1. The van der Waals surface area contributed by atoms with Gasteiger partial charge in [-0.25, -0.2) is 0 Å². The molecule has 1 saturated heterocycles. The summed E-state index contributed by atoms with van der Waals surface area (Å²) in [5, 5.41) is 0. The zero-order valence-corrected chi connectivity index (χ0v) is 12.0. The van der Waals surface area contributed by atoms with Gasteiger partial charge in [-0.2, -0.15) is 0 Å². The van der Waals surface area contributed by atoms with Gasteiger partial charge in [0.05, 0.1) is 0 Å². The fourth-order valence-electron chi connectivity index (χ4n) is 3.99. The van der Waals surface area contributed by atoms with E-state index in [1.165, 1.54) is 44.3 Å². The third kappa shape index (κ3) is 2.32. The Hall–Kier alpha value is -0.860. The normalized spacial score (nSPS) is 27.4. The lowest BCUT2D eigenvalue weighted by molar-refractivity contribution is 0.0932. The molecule has 2 nitrogen and oxygen atoms in total. The van der Waals surface area contributed by atoms with E-state index in [4.69, 9.17) is 5.73 Å². The summed E-state index contributed by atoms with van der Waals surface area (Å²) >= 11 is 0. The molecule has 1 heterocycles. The molecule has 2 aliphatic rings. The van der Waals surface area contributed by atoms with Crippen LogP contribution in [0.3, 0.4) is 0 Å². The molecule has 2 heteroatoms. The smallest absolute Gasteiger partial charge is 0.0357 e.